The van der Waals surface area contributed by atoms with Crippen LogP contribution in [0.5, 0.6) is 5.75 Å². The highest BCUT2D eigenvalue weighted by Crippen LogP contribution is 2.51. The Morgan fingerprint density at radius 2 is 2.29 bits per heavy atom. The quantitative estimate of drug-likeness (QED) is 0.833. The Morgan fingerprint density at radius 1 is 1.43 bits per heavy atom. The molecule has 116 valence electrons. The molecule has 1 saturated carbocycles. The molecule has 2 aliphatic carbocycles. The molecule has 1 aromatic rings. The van der Waals surface area contributed by atoms with Gasteiger partial charge in [-0.25, -0.2) is 0 Å². The molecule has 2 aliphatic rings. The first kappa shape index (κ1) is 11.5. The van der Waals surface area contributed by atoms with Crippen molar-refractivity contribution >= 4 is 0 Å². The molecule has 1 fully saturated rings. The number of hydrogen-bond acceptors (Lipinski definition) is 2. The summed E-state index contributed by atoms with van der Waals surface area (Å²) in [5, 5.41) is 0. The van der Waals surface area contributed by atoms with E-state index in [1.807, 2.05) is 12.1 Å². The van der Waals surface area contributed by atoms with Crippen molar-refractivity contribution in [3.63, 3.8) is 0 Å². The monoisotopic (exact) mass is 290 g/mol. The molecule has 3 rings (SSSR count). The van der Waals surface area contributed by atoms with Crippen molar-refractivity contribution in [2.45, 2.75) is 57.4 Å². The van der Waals surface area contributed by atoms with E-state index < -0.39 is 7.04 Å². The van der Waals surface area contributed by atoms with Crippen molar-refractivity contribution < 1.29 is 8.85 Å². The van der Waals surface area contributed by atoms with Crippen LogP contribution in [0.3, 0.4) is 0 Å². The van der Waals surface area contributed by atoms with Crippen molar-refractivity contribution in [1.82, 2.24) is 4.90 Å². The Labute approximate surface area is 133 Å². The third-order valence-electron chi connectivity index (χ3n) is 6.05. The first-order valence-corrected chi connectivity index (χ1v) is 8.27. The van der Waals surface area contributed by atoms with Gasteiger partial charge in [-0.15, -0.1) is 0 Å². The zero-order valence-electron chi connectivity index (χ0n) is 16.5. The SMILES string of the molecule is [2H]C([2H])([2H])Oc1ccc2c(c1)[C@]1(C)CCCCC1[C@@H](N(C)CC)C2. The van der Waals surface area contributed by atoms with Gasteiger partial charge in [-0.2, -0.15) is 0 Å². The average Bonchev–Trinajstić information content (AvgIpc) is 2.52. The molecule has 0 bridgehead atoms. The van der Waals surface area contributed by atoms with E-state index >= 15 is 0 Å². The molecule has 0 heterocycles. The minimum Gasteiger partial charge on any atom is -0.497 e. The highest BCUT2D eigenvalue weighted by Gasteiger charge is 2.47. The molecule has 0 aliphatic heterocycles. The summed E-state index contributed by atoms with van der Waals surface area (Å²) in [6.45, 7) is 5.67. The fraction of sp³-hybridized carbons (Fsp3) is 0.684. The summed E-state index contributed by atoms with van der Waals surface area (Å²) in [6.07, 6.45) is 6.04. The summed E-state index contributed by atoms with van der Waals surface area (Å²) < 4.78 is 27.3. The molecule has 0 spiro atoms. The molecule has 2 heteroatoms. The minimum atomic E-state index is -2.39. The highest BCUT2D eigenvalue weighted by atomic mass is 16.5. The van der Waals surface area contributed by atoms with Crippen LogP contribution in [0, 0.1) is 5.92 Å². The van der Waals surface area contributed by atoms with Crippen molar-refractivity contribution in [2.24, 2.45) is 5.92 Å². The second-order valence-corrected chi connectivity index (χ2v) is 7.04. The number of ether oxygens (including phenoxy) is 1. The Balaban J connectivity index is 2.02. The van der Waals surface area contributed by atoms with Crippen LogP contribution in [0.15, 0.2) is 18.2 Å². The molecule has 0 amide bonds. The lowest BCUT2D eigenvalue weighted by Crippen LogP contribution is -2.53. The van der Waals surface area contributed by atoms with Gasteiger partial charge >= 0.3 is 0 Å². The Hall–Kier alpha value is -1.02. The lowest BCUT2D eigenvalue weighted by atomic mass is 9.56. The summed E-state index contributed by atoms with van der Waals surface area (Å²) in [7, 11) is -0.155. The van der Waals surface area contributed by atoms with Crippen LogP contribution in [-0.2, 0) is 11.8 Å². The number of benzene rings is 1. The van der Waals surface area contributed by atoms with E-state index in [1.54, 1.807) is 0 Å². The molecular weight excluding hydrogens is 258 g/mol. The number of fused-ring (bicyclic) bond motifs is 3. The molecule has 0 aromatic heterocycles. The molecule has 0 saturated heterocycles. The standard InChI is InChI=1S/C19H29NO/c1-5-20(3)18-12-14-9-10-15(21-4)13-17(14)19(2)11-7-6-8-16(18)19/h9-10,13,16,18H,5-8,11-12H2,1-4H3/t16?,18-,19+/m0/s1/i4D3. The van der Waals surface area contributed by atoms with Gasteiger partial charge in [0, 0.05) is 6.04 Å². The molecule has 2 nitrogen and oxygen atoms in total. The lowest BCUT2D eigenvalue weighted by molar-refractivity contribution is 0.0711. The molecular formula is C19H29NO. The summed E-state index contributed by atoms with van der Waals surface area (Å²) in [6, 6.07) is 6.48. The third-order valence-corrected chi connectivity index (χ3v) is 6.05. The van der Waals surface area contributed by atoms with Gasteiger partial charge in [0.25, 0.3) is 0 Å². The minimum absolute atomic E-state index is 0.119. The maximum Gasteiger partial charge on any atom is 0.119 e. The Bertz CT molecular complexity index is 601. The molecule has 0 N–H and O–H groups in total. The first-order valence-electron chi connectivity index (χ1n) is 9.77. The summed E-state index contributed by atoms with van der Waals surface area (Å²) in [5.74, 6) is 1.10. The number of rotatable bonds is 3. The van der Waals surface area contributed by atoms with Crippen molar-refractivity contribution in [2.75, 3.05) is 20.6 Å². The van der Waals surface area contributed by atoms with E-state index in [4.69, 9.17) is 8.85 Å². The zero-order valence-corrected chi connectivity index (χ0v) is 13.5. The van der Waals surface area contributed by atoms with Gasteiger partial charge in [0.15, 0.2) is 0 Å². The third kappa shape index (κ3) is 2.38. The van der Waals surface area contributed by atoms with Gasteiger partial charge in [-0.05, 0) is 67.4 Å². The van der Waals surface area contributed by atoms with E-state index in [0.29, 0.717) is 17.7 Å². The molecule has 3 atom stereocenters. The van der Waals surface area contributed by atoms with E-state index in [0.717, 1.165) is 13.0 Å². The van der Waals surface area contributed by atoms with Crippen LogP contribution in [-0.4, -0.2) is 31.6 Å². The van der Waals surface area contributed by atoms with Crippen LogP contribution < -0.4 is 4.74 Å². The average molecular weight is 290 g/mol. The van der Waals surface area contributed by atoms with Gasteiger partial charge in [0.2, 0.25) is 0 Å². The fourth-order valence-electron chi connectivity index (χ4n) is 4.71. The largest absolute Gasteiger partial charge is 0.497 e. The van der Waals surface area contributed by atoms with Gasteiger partial charge in [0.05, 0.1) is 11.2 Å². The van der Waals surface area contributed by atoms with E-state index in [2.05, 4.69) is 31.9 Å². The predicted molar refractivity (Wildman–Crippen MR) is 88.1 cm³/mol. The van der Waals surface area contributed by atoms with Crippen molar-refractivity contribution in [3.05, 3.63) is 29.3 Å². The van der Waals surface area contributed by atoms with Crippen LogP contribution in [0.2, 0.25) is 0 Å². The second-order valence-electron chi connectivity index (χ2n) is 7.04. The second kappa shape index (κ2) is 5.64. The van der Waals surface area contributed by atoms with Crippen LogP contribution in [0.1, 0.15) is 54.8 Å². The molecule has 1 aromatic carbocycles. The van der Waals surface area contributed by atoms with Gasteiger partial charge in [-0.1, -0.05) is 32.8 Å². The van der Waals surface area contributed by atoms with Gasteiger partial charge in [-0.3, -0.25) is 0 Å². The number of nitrogens with zero attached hydrogens (tertiary/aromatic N) is 1. The van der Waals surface area contributed by atoms with Gasteiger partial charge in [0.1, 0.15) is 5.75 Å². The van der Waals surface area contributed by atoms with E-state index in [-0.39, 0.29) is 5.41 Å². The molecule has 21 heavy (non-hydrogen) atoms. The highest BCUT2D eigenvalue weighted by molar-refractivity contribution is 5.44. The lowest BCUT2D eigenvalue weighted by Gasteiger charge is -2.52. The number of hydrogen-bond donors (Lipinski definition) is 0. The topological polar surface area (TPSA) is 12.5 Å². The summed E-state index contributed by atoms with van der Waals surface area (Å²) in [4.78, 5) is 2.49. The maximum absolute atomic E-state index is 7.36. The maximum atomic E-state index is 7.36. The van der Waals surface area contributed by atoms with Gasteiger partial charge < -0.3 is 9.64 Å². The van der Waals surface area contributed by atoms with Crippen LogP contribution in [0.4, 0.5) is 0 Å². The van der Waals surface area contributed by atoms with E-state index in [1.165, 1.54) is 36.8 Å². The van der Waals surface area contributed by atoms with Crippen molar-refractivity contribution in [3.8, 4) is 5.75 Å². The number of likely N-dealkylation sites (N-methyl/N-ethyl adjacent to an activating group) is 1. The smallest absolute Gasteiger partial charge is 0.119 e. The summed E-state index contributed by atoms with van der Waals surface area (Å²) in [5.41, 5.74) is 2.79. The van der Waals surface area contributed by atoms with Crippen molar-refractivity contribution in [1.29, 1.82) is 0 Å². The first-order chi connectivity index (χ1) is 11.2. The normalized spacial score (nSPS) is 34.4. The Morgan fingerprint density at radius 3 is 3.05 bits per heavy atom. The summed E-state index contributed by atoms with van der Waals surface area (Å²) >= 11 is 0. The van der Waals surface area contributed by atoms with Crippen LogP contribution in [0.25, 0.3) is 0 Å². The van der Waals surface area contributed by atoms with Crippen LogP contribution >= 0.6 is 0 Å². The van der Waals surface area contributed by atoms with E-state index in [9.17, 15) is 0 Å². The fourth-order valence-corrected chi connectivity index (χ4v) is 4.71. The number of methoxy groups -OCH3 is 1. The zero-order chi connectivity index (χ0) is 17.5. The predicted octanol–water partition coefficient (Wildman–Crippen LogP) is 4.02. The Kier molecular flexibility index (Phi) is 3.10. The molecule has 1 unspecified atom stereocenters. The molecule has 0 radical (unpaired) electrons.